The Hall–Kier alpha value is -1.82. The highest BCUT2D eigenvalue weighted by molar-refractivity contribution is 5.78. The fourth-order valence-corrected chi connectivity index (χ4v) is 1.84. The normalized spacial score (nSPS) is 15.4. The van der Waals surface area contributed by atoms with Crippen molar-refractivity contribution in [2.75, 3.05) is 6.54 Å². The lowest BCUT2D eigenvalue weighted by molar-refractivity contribution is -0.128. The lowest BCUT2D eigenvalue weighted by Gasteiger charge is -2.15. The first kappa shape index (κ1) is 9.72. The van der Waals surface area contributed by atoms with Gasteiger partial charge >= 0.3 is 0 Å². The third-order valence-electron chi connectivity index (χ3n) is 2.67. The van der Waals surface area contributed by atoms with Crippen molar-refractivity contribution < 1.29 is 4.79 Å². The van der Waals surface area contributed by atoms with Gasteiger partial charge in [-0.2, -0.15) is 5.26 Å². The van der Waals surface area contributed by atoms with Gasteiger partial charge in [0.2, 0.25) is 5.91 Å². The summed E-state index contributed by atoms with van der Waals surface area (Å²) in [5.74, 6) is 0.197. The summed E-state index contributed by atoms with van der Waals surface area (Å²) in [4.78, 5) is 13.2. The van der Waals surface area contributed by atoms with Crippen LogP contribution >= 0.6 is 0 Å². The van der Waals surface area contributed by atoms with Crippen LogP contribution in [0.4, 0.5) is 0 Å². The topological polar surface area (TPSA) is 44.1 Å². The molecule has 15 heavy (non-hydrogen) atoms. The summed E-state index contributed by atoms with van der Waals surface area (Å²) >= 11 is 0. The van der Waals surface area contributed by atoms with Gasteiger partial charge in [0.25, 0.3) is 0 Å². The van der Waals surface area contributed by atoms with Crippen molar-refractivity contribution in [3.63, 3.8) is 0 Å². The number of rotatable bonds is 2. The van der Waals surface area contributed by atoms with Gasteiger partial charge in [0.1, 0.15) is 0 Å². The lowest BCUT2D eigenvalue weighted by Crippen LogP contribution is -2.24. The Bertz CT molecular complexity index is 420. The molecule has 1 aliphatic rings. The van der Waals surface area contributed by atoms with E-state index in [2.05, 4.69) is 6.07 Å². The Morgan fingerprint density at radius 3 is 2.87 bits per heavy atom. The zero-order valence-corrected chi connectivity index (χ0v) is 8.44. The summed E-state index contributed by atoms with van der Waals surface area (Å²) in [6, 6.07) is 9.58. The van der Waals surface area contributed by atoms with Crippen LogP contribution in [0.1, 0.15) is 24.0 Å². The average molecular weight is 200 g/mol. The molecule has 1 aromatic carbocycles. The van der Waals surface area contributed by atoms with Gasteiger partial charge in [0.05, 0.1) is 11.6 Å². The number of hydrogen-bond donors (Lipinski definition) is 0. The molecule has 0 radical (unpaired) electrons. The number of hydrogen-bond acceptors (Lipinski definition) is 2. The molecule has 76 valence electrons. The van der Waals surface area contributed by atoms with E-state index in [9.17, 15) is 4.79 Å². The molecule has 1 amide bonds. The molecule has 0 N–H and O–H groups in total. The van der Waals surface area contributed by atoms with Crippen molar-refractivity contribution >= 4 is 5.91 Å². The van der Waals surface area contributed by atoms with Crippen LogP contribution in [0.25, 0.3) is 0 Å². The van der Waals surface area contributed by atoms with E-state index in [1.807, 2.05) is 23.1 Å². The summed E-state index contributed by atoms with van der Waals surface area (Å²) in [6.07, 6.45) is 1.59. The number of carbonyl (C=O) groups is 1. The van der Waals surface area contributed by atoms with Gasteiger partial charge in [-0.1, -0.05) is 18.2 Å². The van der Waals surface area contributed by atoms with Crippen LogP contribution in [0.2, 0.25) is 0 Å². The second-order valence-corrected chi connectivity index (χ2v) is 3.69. The van der Waals surface area contributed by atoms with Crippen LogP contribution in [-0.4, -0.2) is 17.4 Å². The maximum atomic E-state index is 11.4. The average Bonchev–Trinajstić information content (AvgIpc) is 2.65. The lowest BCUT2D eigenvalue weighted by atomic mass is 10.1. The van der Waals surface area contributed by atoms with E-state index in [1.54, 1.807) is 6.07 Å². The molecule has 1 saturated heterocycles. The molecule has 0 bridgehead atoms. The molecule has 2 rings (SSSR count). The Morgan fingerprint density at radius 1 is 1.40 bits per heavy atom. The van der Waals surface area contributed by atoms with Gasteiger partial charge in [-0.05, 0) is 18.1 Å². The number of amides is 1. The van der Waals surface area contributed by atoms with Gasteiger partial charge in [-0.25, -0.2) is 0 Å². The van der Waals surface area contributed by atoms with Crippen LogP contribution in [0.3, 0.4) is 0 Å². The van der Waals surface area contributed by atoms with Gasteiger partial charge in [0.15, 0.2) is 0 Å². The molecular formula is C12H12N2O. The molecule has 3 nitrogen and oxygen atoms in total. The van der Waals surface area contributed by atoms with E-state index in [4.69, 9.17) is 5.26 Å². The maximum Gasteiger partial charge on any atom is 0.222 e. The predicted octanol–water partition coefficient (Wildman–Crippen LogP) is 1.68. The smallest absolute Gasteiger partial charge is 0.222 e. The standard InChI is InChI=1S/C12H12N2O/c13-8-10-4-1-2-5-11(10)9-14-7-3-6-12(14)15/h1-2,4-5H,3,6-7,9H2. The van der Waals surface area contributed by atoms with Crippen molar-refractivity contribution in [3.05, 3.63) is 35.4 Å². The minimum Gasteiger partial charge on any atom is -0.338 e. The second-order valence-electron chi connectivity index (χ2n) is 3.69. The zero-order chi connectivity index (χ0) is 10.7. The molecule has 0 atom stereocenters. The Labute approximate surface area is 88.9 Å². The van der Waals surface area contributed by atoms with E-state index in [0.29, 0.717) is 18.5 Å². The van der Waals surface area contributed by atoms with Crippen molar-refractivity contribution in [2.24, 2.45) is 0 Å². The SMILES string of the molecule is N#Cc1ccccc1CN1CCCC1=O. The minimum atomic E-state index is 0.197. The van der Waals surface area contributed by atoms with Gasteiger partial charge in [-0.3, -0.25) is 4.79 Å². The van der Waals surface area contributed by atoms with Gasteiger partial charge in [0, 0.05) is 19.5 Å². The number of nitrogens with zero attached hydrogens (tertiary/aromatic N) is 2. The quantitative estimate of drug-likeness (QED) is 0.729. The van der Waals surface area contributed by atoms with Gasteiger partial charge in [-0.15, -0.1) is 0 Å². The highest BCUT2D eigenvalue weighted by atomic mass is 16.2. The summed E-state index contributed by atoms with van der Waals surface area (Å²) in [5.41, 5.74) is 1.60. The molecule has 0 aliphatic carbocycles. The van der Waals surface area contributed by atoms with E-state index in [1.165, 1.54) is 0 Å². The predicted molar refractivity (Wildman–Crippen MR) is 55.8 cm³/mol. The number of nitriles is 1. The molecule has 0 unspecified atom stereocenters. The van der Waals surface area contributed by atoms with Crippen LogP contribution in [0.15, 0.2) is 24.3 Å². The third-order valence-corrected chi connectivity index (χ3v) is 2.67. The van der Waals surface area contributed by atoms with Crippen molar-refractivity contribution in [1.82, 2.24) is 4.90 Å². The molecule has 1 aromatic rings. The molecule has 3 heteroatoms. The van der Waals surface area contributed by atoms with Crippen molar-refractivity contribution in [2.45, 2.75) is 19.4 Å². The van der Waals surface area contributed by atoms with E-state index in [0.717, 1.165) is 18.5 Å². The van der Waals surface area contributed by atoms with Crippen molar-refractivity contribution in [1.29, 1.82) is 5.26 Å². The summed E-state index contributed by atoms with van der Waals surface area (Å²) in [7, 11) is 0. The maximum absolute atomic E-state index is 11.4. The first-order valence-corrected chi connectivity index (χ1v) is 5.07. The second kappa shape index (κ2) is 4.14. The number of likely N-dealkylation sites (tertiary alicyclic amines) is 1. The number of benzene rings is 1. The van der Waals surface area contributed by atoms with Crippen LogP contribution in [-0.2, 0) is 11.3 Å². The highest BCUT2D eigenvalue weighted by Gasteiger charge is 2.20. The van der Waals surface area contributed by atoms with E-state index >= 15 is 0 Å². The van der Waals surface area contributed by atoms with Crippen LogP contribution < -0.4 is 0 Å². The fraction of sp³-hybridized carbons (Fsp3) is 0.333. The van der Waals surface area contributed by atoms with E-state index < -0.39 is 0 Å². The molecular weight excluding hydrogens is 188 g/mol. The third kappa shape index (κ3) is 1.99. The summed E-state index contributed by atoms with van der Waals surface area (Å²) in [6.45, 7) is 1.39. The van der Waals surface area contributed by atoms with Gasteiger partial charge < -0.3 is 4.90 Å². The number of carbonyl (C=O) groups excluding carboxylic acids is 1. The molecule has 1 aliphatic heterocycles. The van der Waals surface area contributed by atoms with Crippen LogP contribution in [0, 0.1) is 11.3 Å². The Morgan fingerprint density at radius 2 is 2.20 bits per heavy atom. The van der Waals surface area contributed by atoms with Crippen LogP contribution in [0.5, 0.6) is 0 Å². The molecule has 1 heterocycles. The monoisotopic (exact) mass is 200 g/mol. The van der Waals surface area contributed by atoms with E-state index in [-0.39, 0.29) is 5.91 Å². The van der Waals surface area contributed by atoms with Crippen molar-refractivity contribution in [3.8, 4) is 6.07 Å². The Balaban J connectivity index is 2.17. The zero-order valence-electron chi connectivity index (χ0n) is 8.44. The Kier molecular flexibility index (Phi) is 2.68. The first-order chi connectivity index (χ1) is 7.31. The molecule has 1 fully saturated rings. The fourth-order valence-electron chi connectivity index (χ4n) is 1.84. The minimum absolute atomic E-state index is 0.197. The largest absolute Gasteiger partial charge is 0.338 e. The summed E-state index contributed by atoms with van der Waals surface area (Å²) in [5, 5.41) is 8.90. The molecule has 0 saturated carbocycles. The highest BCUT2D eigenvalue weighted by Crippen LogP contribution is 2.16. The summed E-state index contributed by atoms with van der Waals surface area (Å²) < 4.78 is 0. The molecule has 0 aromatic heterocycles. The molecule has 0 spiro atoms. The first-order valence-electron chi connectivity index (χ1n) is 5.07.